The fraction of sp³-hybridized carbons (Fsp3) is 0.684. The maximum Gasteiger partial charge on any atom is 0.191 e. The van der Waals surface area contributed by atoms with Crippen LogP contribution in [-0.2, 0) is 11.3 Å². The van der Waals surface area contributed by atoms with Gasteiger partial charge in [0.25, 0.3) is 0 Å². The van der Waals surface area contributed by atoms with Gasteiger partial charge in [-0.15, -0.1) is 0 Å². The van der Waals surface area contributed by atoms with Gasteiger partial charge in [0, 0.05) is 38.9 Å². The quantitative estimate of drug-likeness (QED) is 0.555. The lowest BCUT2D eigenvalue weighted by molar-refractivity contribution is 0.00272. The van der Waals surface area contributed by atoms with Gasteiger partial charge in [0.05, 0.1) is 25.5 Å². The molecule has 1 aromatic rings. The second-order valence-corrected chi connectivity index (χ2v) is 6.42. The highest BCUT2D eigenvalue weighted by Crippen LogP contribution is 2.19. The summed E-state index contributed by atoms with van der Waals surface area (Å²) < 4.78 is 5.53. The molecule has 1 unspecified atom stereocenters. The molecule has 2 heterocycles. The molecule has 0 amide bonds. The van der Waals surface area contributed by atoms with Crippen molar-refractivity contribution in [1.82, 2.24) is 20.5 Å². The van der Waals surface area contributed by atoms with Gasteiger partial charge in [-0.3, -0.25) is 14.9 Å². The van der Waals surface area contributed by atoms with E-state index in [1.165, 1.54) is 12.8 Å². The monoisotopic (exact) mass is 347 g/mol. The molecule has 0 radical (unpaired) electrons. The number of nitrogens with one attached hydrogen (secondary N) is 2. The Labute approximate surface area is 152 Å². The normalized spacial score (nSPS) is 17.5. The SMILES string of the molecule is CCC(CC)C(CNC(=NC)NCc1ccccn1)N1CCOCC1. The summed E-state index contributed by atoms with van der Waals surface area (Å²) in [6.07, 6.45) is 4.20. The van der Waals surface area contributed by atoms with Crippen LogP contribution in [0.25, 0.3) is 0 Å². The van der Waals surface area contributed by atoms with Crippen LogP contribution in [0.5, 0.6) is 0 Å². The van der Waals surface area contributed by atoms with Crippen molar-refractivity contribution < 1.29 is 4.74 Å². The molecule has 6 nitrogen and oxygen atoms in total. The number of hydrogen-bond acceptors (Lipinski definition) is 4. The molecule has 1 atom stereocenters. The fourth-order valence-electron chi connectivity index (χ4n) is 3.43. The first kappa shape index (κ1) is 19.7. The number of guanidine groups is 1. The predicted octanol–water partition coefficient (Wildman–Crippen LogP) is 1.88. The molecule has 1 aromatic heterocycles. The van der Waals surface area contributed by atoms with Crippen molar-refractivity contribution in [2.75, 3.05) is 39.9 Å². The molecule has 2 N–H and O–H groups in total. The van der Waals surface area contributed by atoms with Crippen LogP contribution in [-0.4, -0.2) is 61.8 Å². The summed E-state index contributed by atoms with van der Waals surface area (Å²) in [5.74, 6) is 1.51. The van der Waals surface area contributed by atoms with E-state index in [2.05, 4.69) is 39.4 Å². The zero-order chi connectivity index (χ0) is 17.9. The Hall–Kier alpha value is -1.66. The van der Waals surface area contributed by atoms with Crippen LogP contribution >= 0.6 is 0 Å². The van der Waals surface area contributed by atoms with E-state index in [4.69, 9.17) is 4.74 Å². The Morgan fingerprint density at radius 2 is 2.00 bits per heavy atom. The number of aromatic nitrogens is 1. The lowest BCUT2D eigenvalue weighted by Crippen LogP contribution is -2.53. The van der Waals surface area contributed by atoms with E-state index in [1.807, 2.05) is 31.4 Å². The zero-order valence-electron chi connectivity index (χ0n) is 15.9. The first-order chi connectivity index (χ1) is 12.3. The average molecular weight is 348 g/mol. The average Bonchev–Trinajstić information content (AvgIpc) is 2.68. The molecular formula is C19H33N5O. The topological polar surface area (TPSA) is 61.8 Å². The molecule has 0 bridgehead atoms. The van der Waals surface area contributed by atoms with Gasteiger partial charge in [-0.25, -0.2) is 0 Å². The van der Waals surface area contributed by atoms with Crippen molar-refractivity contribution in [3.63, 3.8) is 0 Å². The van der Waals surface area contributed by atoms with Crippen LogP contribution in [0, 0.1) is 5.92 Å². The standard InChI is InChI=1S/C19H33N5O/c1-4-16(5-2)18(24-10-12-25-13-11-24)15-23-19(20-3)22-14-17-8-6-7-9-21-17/h6-9,16,18H,4-5,10-15H2,1-3H3,(H2,20,22,23). The summed E-state index contributed by atoms with van der Waals surface area (Å²) in [6.45, 7) is 9.85. The van der Waals surface area contributed by atoms with Crippen molar-refractivity contribution in [3.05, 3.63) is 30.1 Å². The van der Waals surface area contributed by atoms with Crippen molar-refractivity contribution in [2.45, 2.75) is 39.3 Å². The van der Waals surface area contributed by atoms with Crippen LogP contribution < -0.4 is 10.6 Å². The second kappa shape index (κ2) is 11.1. The van der Waals surface area contributed by atoms with Crippen LogP contribution in [0.2, 0.25) is 0 Å². The van der Waals surface area contributed by atoms with Gasteiger partial charge in [0.2, 0.25) is 0 Å². The number of nitrogens with zero attached hydrogens (tertiary/aromatic N) is 3. The molecule has 0 aromatic carbocycles. The molecule has 0 spiro atoms. The summed E-state index contributed by atoms with van der Waals surface area (Å²) in [4.78, 5) is 11.3. The van der Waals surface area contributed by atoms with E-state index in [1.54, 1.807) is 0 Å². The largest absolute Gasteiger partial charge is 0.379 e. The summed E-state index contributed by atoms with van der Waals surface area (Å²) in [6, 6.07) is 6.45. The molecule has 1 aliphatic heterocycles. The van der Waals surface area contributed by atoms with Gasteiger partial charge < -0.3 is 15.4 Å². The molecule has 1 fully saturated rings. The molecule has 0 aliphatic carbocycles. The number of aliphatic imine (C=N–C) groups is 1. The molecule has 0 saturated carbocycles. The van der Waals surface area contributed by atoms with Gasteiger partial charge in [0.15, 0.2) is 5.96 Å². The van der Waals surface area contributed by atoms with Crippen LogP contribution in [0.15, 0.2) is 29.4 Å². The van der Waals surface area contributed by atoms with Crippen molar-refractivity contribution >= 4 is 5.96 Å². The van der Waals surface area contributed by atoms with E-state index in [9.17, 15) is 0 Å². The maximum atomic E-state index is 5.53. The Morgan fingerprint density at radius 3 is 2.60 bits per heavy atom. The van der Waals surface area contributed by atoms with Crippen LogP contribution in [0.1, 0.15) is 32.4 Å². The van der Waals surface area contributed by atoms with E-state index >= 15 is 0 Å². The Balaban J connectivity index is 1.90. The number of ether oxygens (including phenoxy) is 1. The first-order valence-electron chi connectivity index (χ1n) is 9.44. The minimum atomic E-state index is 0.507. The van der Waals surface area contributed by atoms with E-state index < -0.39 is 0 Å². The number of morpholine rings is 1. The Kier molecular flexibility index (Phi) is 8.69. The van der Waals surface area contributed by atoms with Crippen LogP contribution in [0.3, 0.4) is 0 Å². The molecular weight excluding hydrogens is 314 g/mol. The molecule has 6 heteroatoms. The van der Waals surface area contributed by atoms with Gasteiger partial charge in [0.1, 0.15) is 0 Å². The summed E-state index contributed by atoms with van der Waals surface area (Å²) >= 11 is 0. The molecule has 25 heavy (non-hydrogen) atoms. The summed E-state index contributed by atoms with van der Waals surface area (Å²) in [7, 11) is 1.81. The van der Waals surface area contributed by atoms with Crippen molar-refractivity contribution in [3.8, 4) is 0 Å². The number of rotatable bonds is 8. The highest BCUT2D eigenvalue weighted by molar-refractivity contribution is 5.79. The lowest BCUT2D eigenvalue weighted by Gasteiger charge is -2.39. The van der Waals surface area contributed by atoms with Gasteiger partial charge in [-0.2, -0.15) is 0 Å². The molecule has 1 saturated heterocycles. The summed E-state index contributed by atoms with van der Waals surface area (Å²) in [5.41, 5.74) is 1.01. The molecule has 2 rings (SSSR count). The van der Waals surface area contributed by atoms with Crippen LogP contribution in [0.4, 0.5) is 0 Å². The smallest absolute Gasteiger partial charge is 0.191 e. The van der Waals surface area contributed by atoms with Crippen molar-refractivity contribution in [2.24, 2.45) is 10.9 Å². The maximum absolute atomic E-state index is 5.53. The third kappa shape index (κ3) is 6.29. The highest BCUT2D eigenvalue weighted by atomic mass is 16.5. The molecule has 140 valence electrons. The minimum absolute atomic E-state index is 0.507. The lowest BCUT2D eigenvalue weighted by atomic mass is 9.92. The number of hydrogen-bond donors (Lipinski definition) is 2. The van der Waals surface area contributed by atoms with Gasteiger partial charge >= 0.3 is 0 Å². The third-order valence-electron chi connectivity index (χ3n) is 4.97. The minimum Gasteiger partial charge on any atom is -0.379 e. The predicted molar refractivity (Wildman–Crippen MR) is 103 cm³/mol. The second-order valence-electron chi connectivity index (χ2n) is 6.42. The fourth-order valence-corrected chi connectivity index (χ4v) is 3.43. The van der Waals surface area contributed by atoms with E-state index in [0.29, 0.717) is 18.5 Å². The van der Waals surface area contributed by atoms with Gasteiger partial charge in [-0.1, -0.05) is 32.8 Å². The Bertz CT molecular complexity index is 498. The van der Waals surface area contributed by atoms with Gasteiger partial charge in [-0.05, 0) is 18.1 Å². The zero-order valence-corrected chi connectivity index (χ0v) is 15.9. The van der Waals surface area contributed by atoms with E-state index in [-0.39, 0.29) is 0 Å². The van der Waals surface area contributed by atoms with E-state index in [0.717, 1.165) is 44.5 Å². The molecule has 1 aliphatic rings. The highest BCUT2D eigenvalue weighted by Gasteiger charge is 2.26. The third-order valence-corrected chi connectivity index (χ3v) is 4.97. The number of pyridine rings is 1. The summed E-state index contributed by atoms with van der Waals surface area (Å²) in [5, 5.41) is 6.87. The Morgan fingerprint density at radius 1 is 1.24 bits per heavy atom. The van der Waals surface area contributed by atoms with Crippen molar-refractivity contribution in [1.29, 1.82) is 0 Å². The first-order valence-corrected chi connectivity index (χ1v) is 9.44.